The number of fused-ring (bicyclic) bond motifs is 1. The summed E-state index contributed by atoms with van der Waals surface area (Å²) in [5.41, 5.74) is 6.28. The summed E-state index contributed by atoms with van der Waals surface area (Å²) in [6, 6.07) is 18.7. The third-order valence-corrected chi connectivity index (χ3v) is 5.97. The van der Waals surface area contributed by atoms with Gasteiger partial charge in [0, 0.05) is 35.1 Å². The second-order valence-corrected chi connectivity index (χ2v) is 8.16. The van der Waals surface area contributed by atoms with Crippen molar-refractivity contribution in [2.75, 3.05) is 16.8 Å². The van der Waals surface area contributed by atoms with E-state index in [4.69, 9.17) is 11.6 Å². The largest absolute Gasteiger partial charge is 0.334 e. The minimum absolute atomic E-state index is 0.00182. The summed E-state index contributed by atoms with van der Waals surface area (Å²) in [6.45, 7) is 4.87. The van der Waals surface area contributed by atoms with Crippen molar-refractivity contribution in [1.29, 1.82) is 0 Å². The highest BCUT2D eigenvalue weighted by Crippen LogP contribution is 2.30. The minimum Gasteiger partial charge on any atom is -0.334 e. The predicted molar refractivity (Wildman–Crippen MR) is 125 cm³/mol. The standard InChI is InChI=1S/C25H24ClN3O2/c1-16-6-9-20(10-7-16)24(30)29-13-12-19-11-8-18(14-23(19)29)15-27-25(31)28-22-5-3-4-21(26)17(22)2/h3-11,14H,12-13,15H2,1-2H3,(H2,27,28,31). The van der Waals surface area contributed by atoms with Crippen molar-refractivity contribution >= 4 is 34.9 Å². The fourth-order valence-corrected chi connectivity index (χ4v) is 3.86. The van der Waals surface area contributed by atoms with Crippen molar-refractivity contribution in [2.24, 2.45) is 0 Å². The molecule has 0 bridgehead atoms. The van der Waals surface area contributed by atoms with Gasteiger partial charge in [0.2, 0.25) is 0 Å². The first-order valence-electron chi connectivity index (χ1n) is 10.2. The number of rotatable bonds is 4. The maximum atomic E-state index is 13.0. The molecule has 3 aromatic rings. The van der Waals surface area contributed by atoms with Crippen LogP contribution in [0.2, 0.25) is 5.02 Å². The smallest absolute Gasteiger partial charge is 0.319 e. The lowest BCUT2D eigenvalue weighted by molar-refractivity contribution is 0.0989. The highest BCUT2D eigenvalue weighted by Gasteiger charge is 2.25. The Morgan fingerprint density at radius 2 is 1.81 bits per heavy atom. The fourth-order valence-electron chi connectivity index (χ4n) is 3.69. The first-order valence-corrected chi connectivity index (χ1v) is 10.6. The molecule has 5 nitrogen and oxygen atoms in total. The molecule has 1 heterocycles. The summed E-state index contributed by atoms with van der Waals surface area (Å²) in [7, 11) is 0. The Balaban J connectivity index is 1.44. The Hall–Kier alpha value is -3.31. The third kappa shape index (κ3) is 4.57. The topological polar surface area (TPSA) is 61.4 Å². The van der Waals surface area contributed by atoms with Gasteiger partial charge in [-0.05, 0) is 67.3 Å². The molecule has 2 N–H and O–H groups in total. The molecule has 1 aliphatic heterocycles. The van der Waals surface area contributed by atoms with E-state index in [1.54, 1.807) is 12.1 Å². The Bertz CT molecular complexity index is 1140. The van der Waals surface area contributed by atoms with Crippen LogP contribution < -0.4 is 15.5 Å². The van der Waals surface area contributed by atoms with Gasteiger partial charge in [0.05, 0.1) is 0 Å². The van der Waals surface area contributed by atoms with E-state index in [0.29, 0.717) is 29.4 Å². The van der Waals surface area contributed by atoms with Gasteiger partial charge < -0.3 is 15.5 Å². The number of aryl methyl sites for hydroxylation is 1. The summed E-state index contributed by atoms with van der Waals surface area (Å²) < 4.78 is 0. The molecule has 4 rings (SSSR count). The third-order valence-electron chi connectivity index (χ3n) is 5.56. The van der Waals surface area contributed by atoms with Gasteiger partial charge in [0.25, 0.3) is 5.91 Å². The number of carbonyl (C=O) groups is 2. The van der Waals surface area contributed by atoms with E-state index in [0.717, 1.165) is 34.4 Å². The molecule has 3 aromatic carbocycles. The van der Waals surface area contributed by atoms with Crippen molar-refractivity contribution in [3.63, 3.8) is 0 Å². The second kappa shape index (κ2) is 8.82. The Kier molecular flexibility index (Phi) is 5.96. The number of carbonyl (C=O) groups excluding carboxylic acids is 2. The van der Waals surface area contributed by atoms with Gasteiger partial charge in [0.1, 0.15) is 0 Å². The lowest BCUT2D eigenvalue weighted by Crippen LogP contribution is -2.30. The molecule has 6 heteroatoms. The molecular formula is C25H24ClN3O2. The first-order chi connectivity index (χ1) is 14.9. The number of amides is 3. The van der Waals surface area contributed by atoms with Crippen LogP contribution in [-0.2, 0) is 13.0 Å². The summed E-state index contributed by atoms with van der Waals surface area (Å²) >= 11 is 6.11. The molecule has 0 aliphatic carbocycles. The maximum Gasteiger partial charge on any atom is 0.319 e. The zero-order valence-corrected chi connectivity index (χ0v) is 18.3. The maximum absolute atomic E-state index is 13.0. The van der Waals surface area contributed by atoms with E-state index in [2.05, 4.69) is 10.6 Å². The van der Waals surface area contributed by atoms with Gasteiger partial charge >= 0.3 is 6.03 Å². The molecule has 0 atom stereocenters. The Morgan fingerprint density at radius 3 is 2.58 bits per heavy atom. The predicted octanol–water partition coefficient (Wildman–Crippen LogP) is 5.48. The van der Waals surface area contributed by atoms with E-state index in [-0.39, 0.29) is 11.9 Å². The Morgan fingerprint density at radius 1 is 1.03 bits per heavy atom. The van der Waals surface area contributed by atoms with E-state index in [1.165, 1.54) is 0 Å². The van der Waals surface area contributed by atoms with Crippen LogP contribution in [0.1, 0.15) is 32.6 Å². The van der Waals surface area contributed by atoms with Crippen molar-refractivity contribution in [3.8, 4) is 0 Å². The molecule has 1 aliphatic rings. The zero-order chi connectivity index (χ0) is 22.0. The molecule has 0 spiro atoms. The number of benzene rings is 3. The fraction of sp³-hybridized carbons (Fsp3) is 0.200. The minimum atomic E-state index is -0.307. The lowest BCUT2D eigenvalue weighted by atomic mass is 10.1. The molecule has 31 heavy (non-hydrogen) atoms. The summed E-state index contributed by atoms with van der Waals surface area (Å²) in [6.07, 6.45) is 0.829. The average molecular weight is 434 g/mol. The normalized spacial score (nSPS) is 12.4. The molecule has 0 radical (unpaired) electrons. The molecule has 158 valence electrons. The highest BCUT2D eigenvalue weighted by atomic mass is 35.5. The molecule has 0 saturated carbocycles. The number of halogens is 1. The van der Waals surface area contributed by atoms with Crippen LogP contribution in [0.25, 0.3) is 0 Å². The summed E-state index contributed by atoms with van der Waals surface area (Å²) in [4.78, 5) is 27.2. The van der Waals surface area contributed by atoms with Gasteiger partial charge in [-0.15, -0.1) is 0 Å². The van der Waals surface area contributed by atoms with Gasteiger partial charge in [-0.2, -0.15) is 0 Å². The van der Waals surface area contributed by atoms with Gasteiger partial charge in [-0.3, -0.25) is 4.79 Å². The molecule has 0 unspecified atom stereocenters. The first kappa shape index (κ1) is 20.9. The summed E-state index contributed by atoms with van der Waals surface area (Å²) in [5.74, 6) is -0.00182. The number of nitrogens with one attached hydrogen (secondary N) is 2. The molecule has 3 amide bonds. The zero-order valence-electron chi connectivity index (χ0n) is 17.5. The van der Waals surface area contributed by atoms with Gasteiger partial charge in [-0.25, -0.2) is 4.79 Å². The Labute approximate surface area is 187 Å². The second-order valence-electron chi connectivity index (χ2n) is 7.76. The van der Waals surface area contributed by atoms with Crippen LogP contribution in [0.5, 0.6) is 0 Å². The quantitative estimate of drug-likeness (QED) is 0.572. The van der Waals surface area contributed by atoms with Crippen molar-refractivity contribution in [2.45, 2.75) is 26.8 Å². The SMILES string of the molecule is Cc1ccc(C(=O)N2CCc3ccc(CNC(=O)Nc4cccc(Cl)c4C)cc32)cc1. The van der Waals surface area contributed by atoms with Crippen LogP contribution in [0.15, 0.2) is 60.7 Å². The van der Waals surface area contributed by atoms with E-state index in [9.17, 15) is 9.59 Å². The van der Waals surface area contributed by atoms with Crippen LogP contribution >= 0.6 is 11.6 Å². The number of anilines is 2. The van der Waals surface area contributed by atoms with Crippen LogP contribution in [0.4, 0.5) is 16.2 Å². The van der Waals surface area contributed by atoms with Gasteiger partial charge in [-0.1, -0.05) is 47.5 Å². The van der Waals surface area contributed by atoms with Crippen LogP contribution in [-0.4, -0.2) is 18.5 Å². The van der Waals surface area contributed by atoms with Crippen LogP contribution in [0, 0.1) is 13.8 Å². The van der Waals surface area contributed by atoms with Crippen molar-refractivity contribution < 1.29 is 9.59 Å². The van der Waals surface area contributed by atoms with Crippen molar-refractivity contribution in [3.05, 3.63) is 93.5 Å². The monoisotopic (exact) mass is 433 g/mol. The molecule has 0 saturated heterocycles. The lowest BCUT2D eigenvalue weighted by Gasteiger charge is -2.18. The number of hydrogen-bond acceptors (Lipinski definition) is 2. The van der Waals surface area contributed by atoms with Gasteiger partial charge in [0.15, 0.2) is 0 Å². The highest BCUT2D eigenvalue weighted by molar-refractivity contribution is 6.31. The van der Waals surface area contributed by atoms with E-state index < -0.39 is 0 Å². The van der Waals surface area contributed by atoms with Crippen molar-refractivity contribution in [1.82, 2.24) is 5.32 Å². The number of hydrogen-bond donors (Lipinski definition) is 2. The van der Waals surface area contributed by atoms with E-state index >= 15 is 0 Å². The number of urea groups is 1. The average Bonchev–Trinajstić information content (AvgIpc) is 3.19. The molecule has 0 fully saturated rings. The van der Waals surface area contributed by atoms with E-state index in [1.807, 2.05) is 67.3 Å². The molecule has 0 aromatic heterocycles. The molecular weight excluding hydrogens is 410 g/mol. The summed E-state index contributed by atoms with van der Waals surface area (Å²) in [5, 5.41) is 6.30. The van der Waals surface area contributed by atoms with Crippen LogP contribution in [0.3, 0.4) is 0 Å². The number of nitrogens with zero attached hydrogens (tertiary/aromatic N) is 1.